The zero-order chi connectivity index (χ0) is 22.3. The molecule has 5 rings (SSSR count). The SMILES string of the molecule is NC(CC=O)(C(=O)O)C1c2ccccc2N(c2nnc(-c3ccccc3)o2)C2CCCC21. The van der Waals surface area contributed by atoms with Crippen molar-refractivity contribution in [2.24, 2.45) is 11.7 Å². The summed E-state index contributed by atoms with van der Waals surface area (Å²) in [6.45, 7) is 0. The second kappa shape index (κ2) is 7.87. The highest BCUT2D eigenvalue weighted by Gasteiger charge is 2.55. The lowest BCUT2D eigenvalue weighted by Crippen LogP contribution is -2.59. The average molecular weight is 432 g/mol. The minimum absolute atomic E-state index is 0.0482. The molecule has 0 bridgehead atoms. The molecule has 1 fully saturated rings. The van der Waals surface area contributed by atoms with Gasteiger partial charge in [-0.15, -0.1) is 5.10 Å². The first-order valence-electron chi connectivity index (χ1n) is 10.8. The number of hydrogen-bond donors (Lipinski definition) is 2. The molecule has 1 aliphatic carbocycles. The summed E-state index contributed by atoms with van der Waals surface area (Å²) in [5.41, 5.74) is 7.20. The third-order valence-electron chi connectivity index (χ3n) is 6.84. The summed E-state index contributed by atoms with van der Waals surface area (Å²) in [6, 6.07) is 17.5. The predicted molar refractivity (Wildman–Crippen MR) is 117 cm³/mol. The zero-order valence-corrected chi connectivity index (χ0v) is 17.4. The minimum Gasteiger partial charge on any atom is -0.480 e. The smallest absolute Gasteiger partial charge is 0.324 e. The molecule has 4 atom stereocenters. The van der Waals surface area contributed by atoms with E-state index in [1.165, 1.54) is 0 Å². The van der Waals surface area contributed by atoms with Crippen LogP contribution < -0.4 is 10.6 Å². The third kappa shape index (κ3) is 3.10. The fourth-order valence-electron chi connectivity index (χ4n) is 5.46. The molecule has 1 aromatic heterocycles. The Labute approximate surface area is 185 Å². The molecule has 0 radical (unpaired) electrons. The van der Waals surface area contributed by atoms with E-state index in [0.717, 1.165) is 36.1 Å². The summed E-state index contributed by atoms with van der Waals surface area (Å²) in [5, 5.41) is 18.6. The maximum Gasteiger partial charge on any atom is 0.324 e. The minimum atomic E-state index is -1.68. The van der Waals surface area contributed by atoms with Crippen molar-refractivity contribution in [1.82, 2.24) is 10.2 Å². The molecule has 3 aromatic rings. The molecule has 8 heteroatoms. The Bertz CT molecular complexity index is 1150. The molecule has 3 N–H and O–H groups in total. The number of carboxylic acids is 1. The second-order valence-electron chi connectivity index (χ2n) is 8.54. The van der Waals surface area contributed by atoms with E-state index in [-0.39, 0.29) is 18.4 Å². The predicted octanol–water partition coefficient (Wildman–Crippen LogP) is 3.51. The molecule has 1 aliphatic heterocycles. The van der Waals surface area contributed by atoms with E-state index in [2.05, 4.69) is 10.2 Å². The Kier molecular flexibility index (Phi) is 5.01. The summed E-state index contributed by atoms with van der Waals surface area (Å²) in [4.78, 5) is 25.7. The van der Waals surface area contributed by atoms with E-state index in [0.29, 0.717) is 18.2 Å². The van der Waals surface area contributed by atoms with Crippen LogP contribution in [0.15, 0.2) is 59.0 Å². The Balaban J connectivity index is 1.64. The van der Waals surface area contributed by atoms with Gasteiger partial charge in [-0.1, -0.05) is 47.9 Å². The number of carbonyl (C=O) groups is 2. The van der Waals surface area contributed by atoms with Gasteiger partial charge < -0.3 is 20.1 Å². The molecule has 32 heavy (non-hydrogen) atoms. The fourth-order valence-corrected chi connectivity index (χ4v) is 5.46. The highest BCUT2D eigenvalue weighted by molar-refractivity contribution is 5.85. The van der Waals surface area contributed by atoms with Gasteiger partial charge in [-0.2, -0.15) is 0 Å². The van der Waals surface area contributed by atoms with Crippen LogP contribution in [0.25, 0.3) is 11.5 Å². The van der Waals surface area contributed by atoms with Crippen molar-refractivity contribution in [3.05, 3.63) is 60.2 Å². The number of benzene rings is 2. The van der Waals surface area contributed by atoms with Crippen LogP contribution in [-0.4, -0.2) is 39.1 Å². The number of aldehydes is 1. The van der Waals surface area contributed by atoms with Crippen molar-refractivity contribution in [3.8, 4) is 11.5 Å². The number of carboxylic acid groups (broad SMARTS) is 1. The van der Waals surface area contributed by atoms with Crippen LogP contribution in [0.4, 0.5) is 11.7 Å². The van der Waals surface area contributed by atoms with E-state index in [4.69, 9.17) is 10.2 Å². The van der Waals surface area contributed by atoms with Gasteiger partial charge in [0.1, 0.15) is 11.8 Å². The summed E-state index contributed by atoms with van der Waals surface area (Å²) in [6.07, 6.45) is 2.94. The molecule has 4 unspecified atom stereocenters. The number of fused-ring (bicyclic) bond motifs is 2. The highest BCUT2D eigenvalue weighted by atomic mass is 16.4. The lowest BCUT2D eigenvalue weighted by Gasteiger charge is -2.47. The summed E-state index contributed by atoms with van der Waals surface area (Å²) >= 11 is 0. The van der Waals surface area contributed by atoms with Crippen molar-refractivity contribution < 1.29 is 19.1 Å². The summed E-state index contributed by atoms with van der Waals surface area (Å²) in [5.74, 6) is -1.29. The summed E-state index contributed by atoms with van der Waals surface area (Å²) in [7, 11) is 0. The van der Waals surface area contributed by atoms with E-state index in [1.54, 1.807) is 0 Å². The standard InChI is InChI=1S/C24H24N4O4/c25-24(13-14-29,22(30)31)20-16-9-4-5-11-18(16)28(19-12-6-10-17(19)20)23-27-26-21(32-23)15-7-2-1-3-8-15/h1-5,7-9,11,14,17,19-20H,6,10,12-13,25H2,(H,30,31). The molecule has 8 nitrogen and oxygen atoms in total. The van der Waals surface area contributed by atoms with Gasteiger partial charge in [0, 0.05) is 29.6 Å². The van der Waals surface area contributed by atoms with Gasteiger partial charge in [-0.25, -0.2) is 0 Å². The molecule has 2 aromatic carbocycles. The van der Waals surface area contributed by atoms with Crippen molar-refractivity contribution in [1.29, 1.82) is 0 Å². The van der Waals surface area contributed by atoms with Gasteiger partial charge in [0.15, 0.2) is 0 Å². The molecule has 1 saturated carbocycles. The zero-order valence-electron chi connectivity index (χ0n) is 17.4. The van der Waals surface area contributed by atoms with Crippen LogP contribution in [0.5, 0.6) is 0 Å². The van der Waals surface area contributed by atoms with Crippen molar-refractivity contribution in [3.63, 3.8) is 0 Å². The average Bonchev–Trinajstić information content (AvgIpc) is 3.48. The number of carbonyl (C=O) groups excluding carboxylic acids is 1. The number of aromatic nitrogens is 2. The monoisotopic (exact) mass is 432 g/mol. The largest absolute Gasteiger partial charge is 0.480 e. The lowest BCUT2D eigenvalue weighted by molar-refractivity contribution is -0.146. The number of hydrogen-bond acceptors (Lipinski definition) is 7. The number of rotatable bonds is 6. The van der Waals surface area contributed by atoms with Gasteiger partial charge in [-0.3, -0.25) is 9.69 Å². The topological polar surface area (TPSA) is 123 Å². The molecular formula is C24H24N4O4. The van der Waals surface area contributed by atoms with Gasteiger partial charge in [-0.05, 0) is 42.5 Å². The molecule has 0 spiro atoms. The molecule has 2 aliphatic rings. The first kappa shape index (κ1) is 20.4. The van der Waals surface area contributed by atoms with Crippen LogP contribution in [-0.2, 0) is 9.59 Å². The number of para-hydroxylation sites is 1. The second-order valence-corrected chi connectivity index (χ2v) is 8.54. The Morgan fingerprint density at radius 3 is 2.66 bits per heavy atom. The number of anilines is 2. The molecule has 0 saturated heterocycles. The Morgan fingerprint density at radius 2 is 1.91 bits per heavy atom. The van der Waals surface area contributed by atoms with Crippen LogP contribution in [0.1, 0.15) is 37.2 Å². The van der Waals surface area contributed by atoms with Crippen molar-refractivity contribution in [2.45, 2.75) is 43.2 Å². The first-order valence-corrected chi connectivity index (χ1v) is 10.8. The molecule has 0 amide bonds. The third-order valence-corrected chi connectivity index (χ3v) is 6.84. The van der Waals surface area contributed by atoms with E-state index in [1.807, 2.05) is 59.5 Å². The van der Waals surface area contributed by atoms with Gasteiger partial charge in [0.25, 0.3) is 0 Å². The van der Waals surface area contributed by atoms with E-state index in [9.17, 15) is 14.7 Å². The van der Waals surface area contributed by atoms with Gasteiger partial charge in [0.2, 0.25) is 5.89 Å². The van der Waals surface area contributed by atoms with E-state index < -0.39 is 17.4 Å². The maximum absolute atomic E-state index is 12.3. The first-order chi connectivity index (χ1) is 15.5. The van der Waals surface area contributed by atoms with Crippen LogP contribution in [0.3, 0.4) is 0 Å². The van der Waals surface area contributed by atoms with Crippen molar-refractivity contribution >= 4 is 24.0 Å². The normalized spacial score (nSPS) is 23.8. The van der Waals surface area contributed by atoms with Crippen LogP contribution >= 0.6 is 0 Å². The van der Waals surface area contributed by atoms with Gasteiger partial charge in [0.05, 0.1) is 0 Å². The highest BCUT2D eigenvalue weighted by Crippen LogP contribution is 2.54. The Hall–Kier alpha value is -3.52. The molecule has 164 valence electrons. The quantitative estimate of drug-likeness (QED) is 0.567. The van der Waals surface area contributed by atoms with Crippen LogP contribution in [0.2, 0.25) is 0 Å². The fraction of sp³-hybridized carbons (Fsp3) is 0.333. The molecular weight excluding hydrogens is 408 g/mol. The number of nitrogens with two attached hydrogens (primary N) is 1. The van der Waals surface area contributed by atoms with Gasteiger partial charge >= 0.3 is 12.0 Å². The van der Waals surface area contributed by atoms with Crippen molar-refractivity contribution in [2.75, 3.05) is 4.90 Å². The molecule has 2 heterocycles. The van der Waals surface area contributed by atoms with E-state index >= 15 is 0 Å². The number of aliphatic carboxylic acids is 1. The van der Waals surface area contributed by atoms with Crippen LogP contribution in [0, 0.1) is 5.92 Å². The lowest BCUT2D eigenvalue weighted by atomic mass is 9.66. The summed E-state index contributed by atoms with van der Waals surface area (Å²) < 4.78 is 6.09. The Morgan fingerprint density at radius 1 is 1.16 bits per heavy atom. The number of nitrogens with zero attached hydrogens (tertiary/aromatic N) is 3. The maximum atomic E-state index is 12.3.